The molecule has 3 rings (SSSR count). The Hall–Kier alpha value is -2.32. The number of rotatable bonds is 5. The molecule has 8 heteroatoms. The highest BCUT2D eigenvalue weighted by Crippen LogP contribution is 2.17. The molecular weight excluding hydrogens is 342 g/mol. The molecule has 0 amide bonds. The molecule has 0 unspecified atom stereocenters. The first-order valence-electron chi connectivity index (χ1n) is 7.35. The maximum atomic E-state index is 5.83. The maximum Gasteiger partial charge on any atom is 0.216 e. The van der Waals surface area contributed by atoms with E-state index in [1.807, 2.05) is 38.3 Å². The highest BCUT2D eigenvalue weighted by molar-refractivity contribution is 7.71. The number of aromatic nitrogens is 4. The van der Waals surface area contributed by atoms with Gasteiger partial charge in [-0.2, -0.15) is 14.9 Å². The molecule has 24 heavy (non-hydrogen) atoms. The van der Waals surface area contributed by atoms with E-state index >= 15 is 0 Å². The molecule has 6 nitrogen and oxygen atoms in total. The lowest BCUT2D eigenvalue weighted by molar-refractivity contribution is 0.290. The van der Waals surface area contributed by atoms with E-state index in [0.29, 0.717) is 10.6 Å². The summed E-state index contributed by atoms with van der Waals surface area (Å²) >= 11 is 6.80. The van der Waals surface area contributed by atoms with Crippen molar-refractivity contribution in [2.75, 3.05) is 0 Å². The Morgan fingerprint density at radius 1 is 1.29 bits per heavy atom. The Balaban J connectivity index is 1.77. The van der Waals surface area contributed by atoms with Gasteiger partial charge in [-0.3, -0.25) is 0 Å². The van der Waals surface area contributed by atoms with E-state index in [-0.39, 0.29) is 6.61 Å². The van der Waals surface area contributed by atoms with Crippen LogP contribution < -0.4 is 4.74 Å². The molecule has 3 aromatic rings. The van der Waals surface area contributed by atoms with Crippen LogP contribution in [-0.4, -0.2) is 26.1 Å². The van der Waals surface area contributed by atoms with Crippen molar-refractivity contribution < 1.29 is 4.74 Å². The molecule has 0 aliphatic carbocycles. The molecule has 0 saturated heterocycles. The van der Waals surface area contributed by atoms with Gasteiger partial charge in [0.05, 0.1) is 16.9 Å². The third kappa shape index (κ3) is 3.95. The molecule has 0 bridgehead atoms. The molecule has 0 aliphatic rings. The van der Waals surface area contributed by atoms with E-state index in [4.69, 9.17) is 17.0 Å². The van der Waals surface area contributed by atoms with Crippen LogP contribution in [0.3, 0.4) is 0 Å². The zero-order valence-corrected chi connectivity index (χ0v) is 15.2. The monoisotopic (exact) mass is 359 g/mol. The van der Waals surface area contributed by atoms with E-state index in [2.05, 4.69) is 26.3 Å². The average Bonchev–Trinajstić information content (AvgIpc) is 3.08. The number of hydrogen-bond donors (Lipinski definition) is 1. The summed E-state index contributed by atoms with van der Waals surface area (Å²) in [5.41, 5.74) is 3.10. The lowest BCUT2D eigenvalue weighted by atomic mass is 10.1. The molecule has 0 spiro atoms. The second-order valence-corrected chi connectivity index (χ2v) is 6.85. The minimum atomic E-state index is 0.267. The van der Waals surface area contributed by atoms with Crippen LogP contribution in [0.15, 0.2) is 28.7 Å². The van der Waals surface area contributed by atoms with E-state index in [0.717, 1.165) is 27.6 Å². The molecule has 2 aromatic heterocycles. The number of nitrogens with one attached hydrogen (secondary N) is 1. The molecule has 1 N–H and O–H groups in total. The van der Waals surface area contributed by atoms with Gasteiger partial charge in [-0.05, 0) is 56.2 Å². The largest absolute Gasteiger partial charge is 0.486 e. The lowest BCUT2D eigenvalue weighted by Gasteiger charge is -2.07. The van der Waals surface area contributed by atoms with Gasteiger partial charge in [-0.15, -0.1) is 11.3 Å². The van der Waals surface area contributed by atoms with E-state index in [9.17, 15) is 0 Å². The molecular formula is C16H17N5OS2. The summed E-state index contributed by atoms with van der Waals surface area (Å²) in [4.78, 5) is 4.34. The van der Waals surface area contributed by atoms with Crippen LogP contribution in [0, 0.1) is 25.5 Å². The third-order valence-corrected chi connectivity index (χ3v) is 4.28. The molecule has 0 fully saturated rings. The zero-order chi connectivity index (χ0) is 17.1. The third-order valence-electron chi connectivity index (χ3n) is 3.22. The van der Waals surface area contributed by atoms with Crippen molar-refractivity contribution in [2.24, 2.45) is 5.10 Å². The summed E-state index contributed by atoms with van der Waals surface area (Å²) in [5, 5.41) is 14.2. The summed E-state index contributed by atoms with van der Waals surface area (Å²) in [7, 11) is 0. The van der Waals surface area contributed by atoms with Crippen molar-refractivity contribution in [3.63, 3.8) is 0 Å². The van der Waals surface area contributed by atoms with Crippen LogP contribution in [0.1, 0.15) is 27.7 Å². The van der Waals surface area contributed by atoms with E-state index < -0.39 is 0 Å². The van der Waals surface area contributed by atoms with Gasteiger partial charge in [0.25, 0.3) is 0 Å². The average molecular weight is 359 g/mol. The van der Waals surface area contributed by atoms with Crippen LogP contribution in [0.25, 0.3) is 0 Å². The first-order chi connectivity index (χ1) is 11.5. The normalized spacial score (nSPS) is 11.3. The summed E-state index contributed by atoms with van der Waals surface area (Å²) in [6.45, 7) is 6.30. The maximum absolute atomic E-state index is 5.83. The van der Waals surface area contributed by atoms with Crippen LogP contribution in [0.5, 0.6) is 5.75 Å². The van der Waals surface area contributed by atoms with Crippen LogP contribution in [0.4, 0.5) is 0 Å². The number of aromatic amines is 1. The molecule has 0 radical (unpaired) electrons. The lowest BCUT2D eigenvalue weighted by Crippen LogP contribution is -2.04. The van der Waals surface area contributed by atoms with Crippen molar-refractivity contribution >= 4 is 29.8 Å². The molecule has 0 saturated carbocycles. The minimum absolute atomic E-state index is 0.267. The van der Waals surface area contributed by atoms with Crippen molar-refractivity contribution in [3.8, 4) is 5.75 Å². The van der Waals surface area contributed by atoms with Gasteiger partial charge in [0.1, 0.15) is 12.4 Å². The molecule has 0 atom stereocenters. The zero-order valence-electron chi connectivity index (χ0n) is 13.6. The molecule has 0 aliphatic heterocycles. The van der Waals surface area contributed by atoms with Gasteiger partial charge in [0.15, 0.2) is 5.82 Å². The number of H-pyrrole nitrogens is 1. The summed E-state index contributed by atoms with van der Waals surface area (Å²) in [5.74, 6) is 1.40. The van der Waals surface area contributed by atoms with Crippen molar-refractivity contribution in [3.05, 3.63) is 56.0 Å². The quantitative estimate of drug-likeness (QED) is 0.556. The first kappa shape index (κ1) is 16.5. The van der Waals surface area contributed by atoms with Crippen LogP contribution in [0.2, 0.25) is 0 Å². The van der Waals surface area contributed by atoms with Gasteiger partial charge in [0.2, 0.25) is 4.77 Å². The predicted molar refractivity (Wildman–Crippen MR) is 97.5 cm³/mol. The highest BCUT2D eigenvalue weighted by Gasteiger charge is 2.07. The summed E-state index contributed by atoms with van der Waals surface area (Å²) < 4.78 is 7.79. The number of thiazole rings is 1. The second kappa shape index (κ2) is 7.06. The van der Waals surface area contributed by atoms with Gasteiger partial charge >= 0.3 is 0 Å². The predicted octanol–water partition coefficient (Wildman–Crippen LogP) is 3.78. The fraction of sp³-hybridized carbons (Fsp3) is 0.250. The van der Waals surface area contributed by atoms with Crippen molar-refractivity contribution in [2.45, 2.75) is 27.4 Å². The Bertz CT molecular complexity index is 918. The van der Waals surface area contributed by atoms with Crippen molar-refractivity contribution in [1.29, 1.82) is 0 Å². The summed E-state index contributed by atoms with van der Waals surface area (Å²) in [6.07, 6.45) is 1.66. The number of nitrogens with zero attached hydrogens (tertiary/aromatic N) is 4. The van der Waals surface area contributed by atoms with E-state index in [1.165, 1.54) is 0 Å². The van der Waals surface area contributed by atoms with Gasteiger partial charge < -0.3 is 4.74 Å². The standard InChI is InChI=1S/C16H17N5OS2/c1-10-4-11(2)6-14(5-10)22-8-15-19-20-16(23)21(15)17-7-13-9-24-12(3)18-13/h4-7,9H,8H2,1-3H3,(H,20,23)/b17-7-. The Morgan fingerprint density at radius 3 is 2.71 bits per heavy atom. The van der Waals surface area contributed by atoms with E-state index in [1.54, 1.807) is 22.2 Å². The first-order valence-corrected chi connectivity index (χ1v) is 8.64. The topological polar surface area (TPSA) is 68.1 Å². The molecule has 1 aromatic carbocycles. The molecule has 124 valence electrons. The van der Waals surface area contributed by atoms with Crippen molar-refractivity contribution in [1.82, 2.24) is 19.9 Å². The van der Waals surface area contributed by atoms with Crippen LogP contribution >= 0.6 is 23.6 Å². The fourth-order valence-electron chi connectivity index (χ4n) is 2.26. The Kier molecular flexibility index (Phi) is 4.86. The summed E-state index contributed by atoms with van der Waals surface area (Å²) in [6, 6.07) is 6.07. The van der Waals surface area contributed by atoms with Gasteiger partial charge in [-0.1, -0.05) is 6.07 Å². The van der Waals surface area contributed by atoms with Crippen LogP contribution in [-0.2, 0) is 6.61 Å². The number of benzene rings is 1. The second-order valence-electron chi connectivity index (χ2n) is 5.40. The number of aryl methyl sites for hydroxylation is 3. The Morgan fingerprint density at radius 2 is 2.04 bits per heavy atom. The smallest absolute Gasteiger partial charge is 0.216 e. The Labute approximate surface area is 148 Å². The van der Waals surface area contributed by atoms with Gasteiger partial charge in [0, 0.05) is 5.38 Å². The fourth-order valence-corrected chi connectivity index (χ4v) is 3.02. The molecule has 2 heterocycles. The number of hydrogen-bond acceptors (Lipinski definition) is 6. The number of ether oxygens (including phenoxy) is 1. The minimum Gasteiger partial charge on any atom is -0.486 e. The highest BCUT2D eigenvalue weighted by atomic mass is 32.1. The SMILES string of the molecule is Cc1cc(C)cc(OCc2n[nH]c(=S)n2/N=C\c2csc(C)n2)c1. The van der Waals surface area contributed by atoms with Gasteiger partial charge in [-0.25, -0.2) is 10.1 Å².